The van der Waals surface area contributed by atoms with Crippen molar-refractivity contribution in [3.05, 3.63) is 46.6 Å². The van der Waals surface area contributed by atoms with Gasteiger partial charge >= 0.3 is 5.97 Å². The van der Waals surface area contributed by atoms with E-state index in [1.54, 1.807) is 33.8 Å². The zero-order chi connectivity index (χ0) is 41.6. The van der Waals surface area contributed by atoms with Crippen LogP contribution >= 0.6 is 0 Å². The molecule has 54 heavy (non-hydrogen) atoms. The third-order valence-electron chi connectivity index (χ3n) is 10.3. The SMILES string of the molecule is CCC(C)CC(C)C=C(C)C(OC1OC(CO)C(O)C(O)C1O)C(C)C=C(C)C(O)C(C)C=C(C)C(O)C(C)C=C(C)C(=O)OC(CO)C(O)C(O)CO. The van der Waals surface area contributed by atoms with Crippen LogP contribution in [0.3, 0.4) is 0 Å². The van der Waals surface area contributed by atoms with Gasteiger partial charge in [0.25, 0.3) is 0 Å². The predicted molar refractivity (Wildman–Crippen MR) is 202 cm³/mol. The Bertz CT molecular complexity index is 1250. The highest BCUT2D eigenvalue weighted by atomic mass is 16.7. The smallest absolute Gasteiger partial charge is 0.333 e. The van der Waals surface area contributed by atoms with Crippen LogP contribution < -0.4 is 0 Å². The minimum atomic E-state index is -1.71. The Morgan fingerprint density at radius 3 is 1.76 bits per heavy atom. The van der Waals surface area contributed by atoms with Crippen LogP contribution in [-0.2, 0) is 19.0 Å². The first-order valence-corrected chi connectivity index (χ1v) is 19.0. The number of hydrogen-bond donors (Lipinski definition) is 10. The van der Waals surface area contributed by atoms with Crippen molar-refractivity contribution in [3.63, 3.8) is 0 Å². The fourth-order valence-corrected chi connectivity index (χ4v) is 6.77. The van der Waals surface area contributed by atoms with Crippen molar-refractivity contribution < 1.29 is 70.1 Å². The molecule has 1 aliphatic heterocycles. The van der Waals surface area contributed by atoms with E-state index in [0.717, 1.165) is 18.4 Å². The molecule has 0 spiro atoms. The molecule has 14 heteroatoms. The molecule has 1 rings (SSSR count). The van der Waals surface area contributed by atoms with Crippen LogP contribution in [0.25, 0.3) is 0 Å². The van der Waals surface area contributed by atoms with Crippen molar-refractivity contribution in [2.75, 3.05) is 19.8 Å². The van der Waals surface area contributed by atoms with Gasteiger partial charge in [0.05, 0.1) is 38.1 Å². The lowest BCUT2D eigenvalue weighted by Gasteiger charge is -2.41. The van der Waals surface area contributed by atoms with E-state index in [1.807, 2.05) is 19.9 Å². The van der Waals surface area contributed by atoms with Crippen molar-refractivity contribution in [2.24, 2.45) is 29.6 Å². The van der Waals surface area contributed by atoms with Crippen LogP contribution in [0, 0.1) is 29.6 Å². The monoisotopic (exact) mass is 774 g/mol. The van der Waals surface area contributed by atoms with Gasteiger partial charge in [0.2, 0.25) is 0 Å². The van der Waals surface area contributed by atoms with E-state index >= 15 is 0 Å². The quantitative estimate of drug-likeness (QED) is 0.0423. The van der Waals surface area contributed by atoms with E-state index in [1.165, 1.54) is 13.0 Å². The van der Waals surface area contributed by atoms with Crippen LogP contribution in [0.2, 0.25) is 0 Å². The summed E-state index contributed by atoms with van der Waals surface area (Å²) in [5.41, 5.74) is 2.06. The van der Waals surface area contributed by atoms with Crippen molar-refractivity contribution in [1.29, 1.82) is 0 Å². The van der Waals surface area contributed by atoms with Crippen LogP contribution in [0.5, 0.6) is 0 Å². The third-order valence-corrected chi connectivity index (χ3v) is 10.3. The summed E-state index contributed by atoms with van der Waals surface area (Å²) in [6.45, 7) is 16.4. The number of allylic oxidation sites excluding steroid dienone is 1. The summed E-state index contributed by atoms with van der Waals surface area (Å²) in [7, 11) is 0. The number of rotatable bonds is 22. The maximum atomic E-state index is 12.6. The Hall–Kier alpha value is -2.05. The minimum absolute atomic E-state index is 0.0819. The molecule has 0 aromatic carbocycles. The lowest BCUT2D eigenvalue weighted by Crippen LogP contribution is -2.60. The molecule has 16 atom stereocenters. The molecule has 14 nitrogen and oxygen atoms in total. The van der Waals surface area contributed by atoms with E-state index in [0.29, 0.717) is 17.1 Å². The first kappa shape index (κ1) is 50.0. The molecule has 0 aromatic heterocycles. The number of aliphatic hydroxyl groups excluding tert-OH is 10. The van der Waals surface area contributed by atoms with Gasteiger partial charge < -0.3 is 65.3 Å². The molecule has 1 saturated heterocycles. The zero-order valence-corrected chi connectivity index (χ0v) is 33.7. The second kappa shape index (κ2) is 23.9. The van der Waals surface area contributed by atoms with E-state index in [-0.39, 0.29) is 17.4 Å². The number of ether oxygens (including phenoxy) is 3. The summed E-state index contributed by atoms with van der Waals surface area (Å²) in [6.07, 6.45) is -5.59. The summed E-state index contributed by atoms with van der Waals surface area (Å²) in [5.74, 6) is -1.63. The molecule has 314 valence electrons. The average molecular weight is 775 g/mol. The van der Waals surface area contributed by atoms with Gasteiger partial charge in [-0.05, 0) is 62.7 Å². The second-order valence-electron chi connectivity index (χ2n) is 15.4. The molecule has 1 aliphatic rings. The summed E-state index contributed by atoms with van der Waals surface area (Å²) in [6, 6.07) is 0. The molecule has 0 saturated carbocycles. The normalized spacial score (nSPS) is 28.3. The number of esters is 1. The molecule has 0 aliphatic carbocycles. The number of hydrogen-bond acceptors (Lipinski definition) is 14. The Balaban J connectivity index is 3.23. The van der Waals surface area contributed by atoms with Gasteiger partial charge in [0.1, 0.15) is 36.6 Å². The first-order valence-electron chi connectivity index (χ1n) is 19.0. The van der Waals surface area contributed by atoms with Gasteiger partial charge in [-0.25, -0.2) is 4.79 Å². The average Bonchev–Trinajstić information content (AvgIpc) is 3.13. The van der Waals surface area contributed by atoms with Gasteiger partial charge in [-0.15, -0.1) is 0 Å². The van der Waals surface area contributed by atoms with E-state index in [2.05, 4.69) is 26.8 Å². The van der Waals surface area contributed by atoms with Gasteiger partial charge in [-0.2, -0.15) is 0 Å². The van der Waals surface area contributed by atoms with E-state index in [4.69, 9.17) is 19.3 Å². The molecule has 1 heterocycles. The molecule has 16 unspecified atom stereocenters. The van der Waals surface area contributed by atoms with Gasteiger partial charge in [0.15, 0.2) is 12.4 Å². The molecule has 10 N–H and O–H groups in total. The summed E-state index contributed by atoms with van der Waals surface area (Å²) >= 11 is 0. The second-order valence-corrected chi connectivity index (χ2v) is 15.4. The standard InChI is InChI=1S/C40H70O14/c1-11-20(2)12-21(3)13-26(8)38(54-40-37(50)36(49)35(48)31(19-43)53-40)27(9)15-24(6)32(45)22(4)14-23(5)33(46)25(7)16-28(10)39(51)52-30(18-42)34(47)29(44)17-41/h13-16,20-22,25,27,29-38,40-50H,11-12,17-19H2,1-10H3. The number of carbonyl (C=O) groups is 1. The third kappa shape index (κ3) is 14.8. The fraction of sp³-hybridized carbons (Fsp3) is 0.775. The van der Waals surface area contributed by atoms with Crippen molar-refractivity contribution in [1.82, 2.24) is 0 Å². The van der Waals surface area contributed by atoms with Crippen LogP contribution in [0.1, 0.15) is 82.1 Å². The van der Waals surface area contributed by atoms with Gasteiger partial charge in [-0.3, -0.25) is 0 Å². The molecular weight excluding hydrogens is 704 g/mol. The highest BCUT2D eigenvalue weighted by molar-refractivity contribution is 5.88. The van der Waals surface area contributed by atoms with Crippen LogP contribution in [0.4, 0.5) is 0 Å². The minimum Gasteiger partial charge on any atom is -0.454 e. The largest absolute Gasteiger partial charge is 0.454 e. The Morgan fingerprint density at radius 2 is 1.26 bits per heavy atom. The predicted octanol–water partition coefficient (Wildman–Crippen LogP) is 1.28. The molecule has 0 radical (unpaired) electrons. The van der Waals surface area contributed by atoms with E-state index in [9.17, 15) is 50.8 Å². The van der Waals surface area contributed by atoms with Gasteiger partial charge in [0, 0.05) is 23.3 Å². The maximum absolute atomic E-state index is 12.6. The van der Waals surface area contributed by atoms with Crippen molar-refractivity contribution in [2.45, 2.75) is 149 Å². The highest BCUT2D eigenvalue weighted by Gasteiger charge is 2.45. The Kier molecular flexibility index (Phi) is 22.1. The van der Waals surface area contributed by atoms with Crippen LogP contribution in [-0.4, -0.2) is 144 Å². The van der Waals surface area contributed by atoms with Crippen LogP contribution in [0.15, 0.2) is 46.6 Å². The summed E-state index contributed by atoms with van der Waals surface area (Å²) < 4.78 is 17.1. The molecule has 0 amide bonds. The maximum Gasteiger partial charge on any atom is 0.333 e. The number of aliphatic hydroxyl groups is 10. The Labute approximate surface area is 321 Å². The molecular formula is C40H70O14. The van der Waals surface area contributed by atoms with E-state index < -0.39 is 105 Å². The summed E-state index contributed by atoms with van der Waals surface area (Å²) in [5, 5.41) is 102. The Morgan fingerprint density at radius 1 is 0.722 bits per heavy atom. The number of carbonyl (C=O) groups excluding carboxylic acids is 1. The van der Waals surface area contributed by atoms with Gasteiger partial charge in [-0.1, -0.05) is 72.3 Å². The lowest BCUT2D eigenvalue weighted by molar-refractivity contribution is -0.310. The molecule has 1 fully saturated rings. The highest BCUT2D eigenvalue weighted by Crippen LogP contribution is 2.30. The molecule has 0 aromatic rings. The summed E-state index contributed by atoms with van der Waals surface area (Å²) in [4.78, 5) is 12.6. The first-order chi connectivity index (χ1) is 25.1. The van der Waals surface area contributed by atoms with Crippen molar-refractivity contribution in [3.8, 4) is 0 Å². The fourth-order valence-electron chi connectivity index (χ4n) is 6.77. The molecule has 0 bridgehead atoms. The lowest BCUT2D eigenvalue weighted by atomic mass is 9.87. The topological polar surface area (TPSA) is 247 Å². The van der Waals surface area contributed by atoms with Crippen molar-refractivity contribution >= 4 is 5.97 Å². The zero-order valence-electron chi connectivity index (χ0n) is 33.7.